The van der Waals surface area contributed by atoms with Crippen molar-refractivity contribution in [1.82, 2.24) is 0 Å². The van der Waals surface area contributed by atoms with Crippen LogP contribution in [0, 0.1) is 6.92 Å². The average molecular weight is 274 g/mol. The second-order valence-corrected chi connectivity index (χ2v) is 4.21. The van der Waals surface area contributed by atoms with Crippen LogP contribution in [0.2, 0.25) is 0 Å². The van der Waals surface area contributed by atoms with Crippen LogP contribution in [0.15, 0.2) is 22.7 Å². The molecule has 3 nitrogen and oxygen atoms in total. The van der Waals surface area contributed by atoms with Gasteiger partial charge >= 0.3 is 0 Å². The van der Waals surface area contributed by atoms with Gasteiger partial charge in [0.15, 0.2) is 6.29 Å². The smallest absolute Gasteiger partial charge is 0.173 e. The largest absolute Gasteiger partial charge is 0.380 e. The van der Waals surface area contributed by atoms with E-state index in [1.807, 2.05) is 6.07 Å². The number of benzene rings is 1. The van der Waals surface area contributed by atoms with E-state index in [0.717, 1.165) is 10.2 Å². The highest BCUT2D eigenvalue weighted by Crippen LogP contribution is 2.19. The zero-order valence-corrected chi connectivity index (χ0v) is 10.8. The molecule has 0 fully saturated rings. The molecule has 0 aromatic heterocycles. The van der Waals surface area contributed by atoms with E-state index in [2.05, 4.69) is 40.3 Å². The quantitative estimate of drug-likeness (QED) is 0.837. The summed E-state index contributed by atoms with van der Waals surface area (Å²) < 4.78 is 11.2. The SMILES string of the molecule is COC(CNc1cc(C)cc(Br)c1)OC. The van der Waals surface area contributed by atoms with Gasteiger partial charge in [-0.1, -0.05) is 15.9 Å². The molecule has 0 saturated heterocycles. The van der Waals surface area contributed by atoms with Gasteiger partial charge in [0.05, 0.1) is 6.54 Å². The number of rotatable bonds is 5. The lowest BCUT2D eigenvalue weighted by Crippen LogP contribution is -2.23. The number of methoxy groups -OCH3 is 2. The summed E-state index contributed by atoms with van der Waals surface area (Å²) in [5.41, 5.74) is 2.26. The van der Waals surface area contributed by atoms with Crippen molar-refractivity contribution in [3.8, 4) is 0 Å². The summed E-state index contributed by atoms with van der Waals surface area (Å²) >= 11 is 3.45. The Labute approximate surface area is 98.9 Å². The fourth-order valence-corrected chi connectivity index (χ4v) is 1.91. The van der Waals surface area contributed by atoms with Crippen molar-refractivity contribution in [3.63, 3.8) is 0 Å². The number of nitrogens with one attached hydrogen (secondary N) is 1. The summed E-state index contributed by atoms with van der Waals surface area (Å²) in [5, 5.41) is 3.25. The van der Waals surface area contributed by atoms with E-state index in [1.54, 1.807) is 14.2 Å². The second-order valence-electron chi connectivity index (χ2n) is 3.30. The number of halogens is 1. The molecule has 1 aromatic rings. The number of hydrogen-bond donors (Lipinski definition) is 1. The molecule has 1 N–H and O–H groups in total. The Balaban J connectivity index is 2.57. The maximum absolute atomic E-state index is 5.09. The molecule has 0 aliphatic heterocycles. The van der Waals surface area contributed by atoms with Crippen LogP contribution in [0.5, 0.6) is 0 Å². The zero-order valence-electron chi connectivity index (χ0n) is 9.21. The van der Waals surface area contributed by atoms with Gasteiger partial charge in [0.2, 0.25) is 0 Å². The lowest BCUT2D eigenvalue weighted by molar-refractivity contribution is -0.0914. The fraction of sp³-hybridized carbons (Fsp3) is 0.455. The van der Waals surface area contributed by atoms with Gasteiger partial charge < -0.3 is 14.8 Å². The van der Waals surface area contributed by atoms with Gasteiger partial charge in [-0.15, -0.1) is 0 Å². The minimum Gasteiger partial charge on any atom is -0.380 e. The molecule has 0 atom stereocenters. The van der Waals surface area contributed by atoms with Crippen LogP contribution in [0.4, 0.5) is 5.69 Å². The van der Waals surface area contributed by atoms with E-state index in [1.165, 1.54) is 5.56 Å². The van der Waals surface area contributed by atoms with Crippen molar-refractivity contribution in [2.45, 2.75) is 13.2 Å². The molecule has 1 rings (SSSR count). The number of hydrogen-bond acceptors (Lipinski definition) is 3. The third-order valence-electron chi connectivity index (χ3n) is 2.04. The molecular formula is C11H16BrNO2. The predicted molar refractivity (Wildman–Crippen MR) is 65.2 cm³/mol. The molecular weight excluding hydrogens is 258 g/mol. The van der Waals surface area contributed by atoms with Gasteiger partial charge in [0.1, 0.15) is 0 Å². The molecule has 0 aliphatic carbocycles. The molecule has 0 heterocycles. The first-order valence-corrected chi connectivity index (χ1v) is 5.51. The van der Waals surface area contributed by atoms with E-state index >= 15 is 0 Å². The Bertz CT molecular complexity index is 293. The van der Waals surface area contributed by atoms with E-state index in [4.69, 9.17) is 9.47 Å². The number of ether oxygens (including phenoxy) is 2. The number of anilines is 1. The van der Waals surface area contributed by atoms with Crippen LogP contribution in [0.25, 0.3) is 0 Å². The highest BCUT2D eigenvalue weighted by atomic mass is 79.9. The van der Waals surface area contributed by atoms with Gasteiger partial charge in [-0.25, -0.2) is 0 Å². The van der Waals surface area contributed by atoms with Crippen molar-refractivity contribution >= 4 is 21.6 Å². The maximum atomic E-state index is 5.09. The van der Waals surface area contributed by atoms with E-state index in [-0.39, 0.29) is 6.29 Å². The molecule has 4 heteroatoms. The van der Waals surface area contributed by atoms with Crippen molar-refractivity contribution in [3.05, 3.63) is 28.2 Å². The van der Waals surface area contributed by atoms with Crippen LogP contribution < -0.4 is 5.32 Å². The Kier molecular flexibility index (Phi) is 5.08. The summed E-state index contributed by atoms with van der Waals surface area (Å²) in [6.45, 7) is 2.68. The first-order chi connectivity index (χ1) is 7.15. The highest BCUT2D eigenvalue weighted by Gasteiger charge is 2.04. The molecule has 0 bridgehead atoms. The third kappa shape index (κ3) is 4.20. The molecule has 84 valence electrons. The molecule has 1 aromatic carbocycles. The molecule has 0 saturated carbocycles. The van der Waals surface area contributed by atoms with Crippen LogP contribution in [-0.2, 0) is 9.47 Å². The molecule has 0 spiro atoms. The van der Waals surface area contributed by atoms with Crippen LogP contribution in [0.3, 0.4) is 0 Å². The van der Waals surface area contributed by atoms with Gasteiger partial charge in [0.25, 0.3) is 0 Å². The standard InChI is InChI=1S/C11H16BrNO2/c1-8-4-9(12)6-10(5-8)13-7-11(14-2)15-3/h4-6,11,13H,7H2,1-3H3. The average Bonchev–Trinajstić information content (AvgIpc) is 2.18. The Morgan fingerprint density at radius 2 is 1.93 bits per heavy atom. The summed E-state index contributed by atoms with van der Waals surface area (Å²) in [7, 11) is 3.25. The number of aryl methyl sites for hydroxylation is 1. The van der Waals surface area contributed by atoms with Gasteiger partial charge in [0, 0.05) is 24.4 Å². The summed E-state index contributed by atoms with van der Waals surface area (Å²) in [6.07, 6.45) is -0.218. The molecule has 15 heavy (non-hydrogen) atoms. The summed E-state index contributed by atoms with van der Waals surface area (Å²) in [5.74, 6) is 0. The molecule has 0 amide bonds. The van der Waals surface area contributed by atoms with E-state index in [9.17, 15) is 0 Å². The van der Waals surface area contributed by atoms with Crippen LogP contribution in [-0.4, -0.2) is 27.1 Å². The molecule has 0 radical (unpaired) electrons. The van der Waals surface area contributed by atoms with Gasteiger partial charge in [-0.05, 0) is 30.7 Å². The van der Waals surface area contributed by atoms with Crippen molar-refractivity contribution in [1.29, 1.82) is 0 Å². The van der Waals surface area contributed by atoms with Crippen LogP contribution >= 0.6 is 15.9 Å². The molecule has 0 unspecified atom stereocenters. The van der Waals surface area contributed by atoms with E-state index < -0.39 is 0 Å². The van der Waals surface area contributed by atoms with Crippen molar-refractivity contribution in [2.24, 2.45) is 0 Å². The first-order valence-electron chi connectivity index (χ1n) is 4.72. The first kappa shape index (κ1) is 12.5. The lowest BCUT2D eigenvalue weighted by atomic mass is 10.2. The fourth-order valence-electron chi connectivity index (χ4n) is 1.30. The monoisotopic (exact) mass is 273 g/mol. The van der Waals surface area contributed by atoms with E-state index in [0.29, 0.717) is 6.54 Å². The topological polar surface area (TPSA) is 30.5 Å². The zero-order chi connectivity index (χ0) is 11.3. The van der Waals surface area contributed by atoms with Crippen LogP contribution in [0.1, 0.15) is 5.56 Å². The minimum atomic E-state index is -0.218. The Morgan fingerprint density at radius 1 is 1.27 bits per heavy atom. The maximum Gasteiger partial charge on any atom is 0.173 e. The highest BCUT2D eigenvalue weighted by molar-refractivity contribution is 9.10. The lowest BCUT2D eigenvalue weighted by Gasteiger charge is -2.15. The minimum absolute atomic E-state index is 0.218. The Morgan fingerprint density at radius 3 is 2.47 bits per heavy atom. The van der Waals surface area contributed by atoms with Crippen molar-refractivity contribution < 1.29 is 9.47 Å². The normalized spacial score (nSPS) is 10.7. The predicted octanol–water partition coefficient (Wildman–Crippen LogP) is 2.79. The Hall–Kier alpha value is -0.580. The molecule has 0 aliphatic rings. The second kappa shape index (κ2) is 6.10. The van der Waals surface area contributed by atoms with Gasteiger partial charge in [-0.2, -0.15) is 0 Å². The summed E-state index contributed by atoms with van der Waals surface area (Å²) in [4.78, 5) is 0. The van der Waals surface area contributed by atoms with Crippen molar-refractivity contribution in [2.75, 3.05) is 26.1 Å². The van der Waals surface area contributed by atoms with Gasteiger partial charge in [-0.3, -0.25) is 0 Å². The summed E-state index contributed by atoms with van der Waals surface area (Å²) in [6, 6.07) is 6.16. The third-order valence-corrected chi connectivity index (χ3v) is 2.50.